The first kappa shape index (κ1) is 16.2. The van der Waals surface area contributed by atoms with Gasteiger partial charge in [0.2, 0.25) is 0 Å². The first-order valence-electron chi connectivity index (χ1n) is 7.64. The fourth-order valence-corrected chi connectivity index (χ4v) is 2.59. The first-order chi connectivity index (χ1) is 11.6. The Morgan fingerprint density at radius 2 is 2.04 bits per heavy atom. The van der Waals surface area contributed by atoms with Gasteiger partial charge in [0.25, 0.3) is 0 Å². The van der Waals surface area contributed by atoms with Crippen molar-refractivity contribution in [1.82, 2.24) is 14.6 Å². The molecule has 0 aliphatic rings. The lowest BCUT2D eigenvalue weighted by atomic mass is 10.2. The molecule has 0 fully saturated rings. The number of nitrogens with zero attached hydrogens (tertiary/aromatic N) is 3. The third-order valence-electron chi connectivity index (χ3n) is 3.64. The van der Waals surface area contributed by atoms with Crippen molar-refractivity contribution >= 4 is 0 Å². The molecule has 2 heterocycles. The van der Waals surface area contributed by atoms with Crippen LogP contribution < -0.4 is 5.76 Å². The lowest BCUT2D eigenvalue weighted by Gasteiger charge is -2.19. The second-order valence-electron chi connectivity index (χ2n) is 5.68. The minimum Gasteiger partial charge on any atom is -0.468 e. The Morgan fingerprint density at radius 1 is 1.25 bits per heavy atom. The first-order valence-corrected chi connectivity index (χ1v) is 7.64. The zero-order valence-electron chi connectivity index (χ0n) is 13.3. The van der Waals surface area contributed by atoms with Crippen molar-refractivity contribution in [3.8, 4) is 11.4 Å². The molecule has 0 radical (unpaired) electrons. The van der Waals surface area contributed by atoms with Gasteiger partial charge in [-0.05, 0) is 19.2 Å². The summed E-state index contributed by atoms with van der Waals surface area (Å²) in [5.74, 6) is 0.645. The van der Waals surface area contributed by atoms with Crippen molar-refractivity contribution in [2.24, 2.45) is 0 Å². The summed E-state index contributed by atoms with van der Waals surface area (Å²) < 4.78 is 11.4. The number of benzene rings is 1. The number of likely N-dealkylation sites (N-methyl/N-ethyl adjacent to an activating group) is 1. The van der Waals surface area contributed by atoms with Crippen LogP contribution in [-0.2, 0) is 13.1 Å². The average molecular weight is 329 g/mol. The molecule has 1 aromatic carbocycles. The molecule has 0 saturated heterocycles. The summed E-state index contributed by atoms with van der Waals surface area (Å²) in [5.41, 5.74) is 0.763. The zero-order valence-corrected chi connectivity index (χ0v) is 13.3. The highest BCUT2D eigenvalue weighted by molar-refractivity contribution is 5.54. The van der Waals surface area contributed by atoms with E-state index in [9.17, 15) is 9.90 Å². The lowest BCUT2D eigenvalue weighted by Crippen LogP contribution is -2.34. The molecular weight excluding hydrogens is 310 g/mol. The molecule has 0 saturated carbocycles. The van der Waals surface area contributed by atoms with E-state index in [0.29, 0.717) is 18.9 Å². The maximum absolute atomic E-state index is 11.9. The van der Waals surface area contributed by atoms with Crippen LogP contribution in [0.3, 0.4) is 0 Å². The van der Waals surface area contributed by atoms with E-state index in [1.807, 2.05) is 54.4 Å². The van der Waals surface area contributed by atoms with E-state index in [4.69, 9.17) is 8.94 Å². The Balaban J connectivity index is 1.67. The van der Waals surface area contributed by atoms with Crippen molar-refractivity contribution in [1.29, 1.82) is 0 Å². The van der Waals surface area contributed by atoms with Crippen LogP contribution in [0.15, 0.2) is 62.5 Å². The summed E-state index contributed by atoms with van der Waals surface area (Å²) in [6, 6.07) is 13.0. The predicted molar refractivity (Wildman–Crippen MR) is 87.2 cm³/mol. The van der Waals surface area contributed by atoms with Gasteiger partial charge in [0, 0.05) is 12.1 Å². The Hall–Kier alpha value is -2.64. The summed E-state index contributed by atoms with van der Waals surface area (Å²) in [5, 5.41) is 14.1. The Kier molecular flexibility index (Phi) is 4.93. The van der Waals surface area contributed by atoms with Gasteiger partial charge in [-0.3, -0.25) is 14.0 Å². The summed E-state index contributed by atoms with van der Waals surface area (Å²) >= 11 is 0. The zero-order chi connectivity index (χ0) is 16.9. The fraction of sp³-hybridized carbons (Fsp3) is 0.294. The van der Waals surface area contributed by atoms with Gasteiger partial charge in [0.15, 0.2) is 5.82 Å². The number of hydrogen-bond acceptors (Lipinski definition) is 6. The van der Waals surface area contributed by atoms with Crippen LogP contribution in [0.5, 0.6) is 0 Å². The predicted octanol–water partition coefficient (Wildman–Crippen LogP) is 1.59. The summed E-state index contributed by atoms with van der Waals surface area (Å²) in [4.78, 5) is 13.8. The molecule has 0 bridgehead atoms. The van der Waals surface area contributed by atoms with E-state index in [2.05, 4.69) is 5.16 Å². The number of aliphatic hydroxyl groups excluding tert-OH is 1. The molecule has 3 rings (SSSR count). The van der Waals surface area contributed by atoms with Crippen LogP contribution >= 0.6 is 0 Å². The van der Waals surface area contributed by atoms with E-state index < -0.39 is 11.9 Å². The normalized spacial score (nSPS) is 12.6. The van der Waals surface area contributed by atoms with Crippen molar-refractivity contribution in [3.63, 3.8) is 0 Å². The number of furan rings is 1. The molecule has 1 unspecified atom stereocenters. The van der Waals surface area contributed by atoms with Gasteiger partial charge in [-0.15, -0.1) is 0 Å². The third-order valence-corrected chi connectivity index (χ3v) is 3.64. The minimum absolute atomic E-state index is 0.106. The van der Waals surface area contributed by atoms with E-state index in [1.165, 1.54) is 4.57 Å². The van der Waals surface area contributed by atoms with Crippen LogP contribution in [0.2, 0.25) is 0 Å². The SMILES string of the molecule is CN(Cc1ccco1)CC(O)Cn1c(-c2ccccc2)noc1=O. The molecule has 7 nitrogen and oxygen atoms in total. The number of aliphatic hydroxyl groups is 1. The number of hydrogen-bond donors (Lipinski definition) is 1. The monoisotopic (exact) mass is 329 g/mol. The van der Waals surface area contributed by atoms with Gasteiger partial charge >= 0.3 is 5.76 Å². The van der Waals surface area contributed by atoms with Crippen LogP contribution in [-0.4, -0.2) is 39.4 Å². The molecule has 0 aliphatic carbocycles. The Morgan fingerprint density at radius 3 is 2.75 bits per heavy atom. The van der Waals surface area contributed by atoms with Crippen molar-refractivity contribution in [2.75, 3.05) is 13.6 Å². The summed E-state index contributed by atoms with van der Waals surface area (Å²) in [6.07, 6.45) is 0.868. The highest BCUT2D eigenvalue weighted by Crippen LogP contribution is 2.15. The number of aromatic nitrogens is 2. The maximum Gasteiger partial charge on any atom is 0.441 e. The average Bonchev–Trinajstić information content (AvgIpc) is 3.19. The maximum atomic E-state index is 11.9. The third kappa shape index (κ3) is 3.81. The van der Waals surface area contributed by atoms with Gasteiger partial charge < -0.3 is 9.52 Å². The summed E-state index contributed by atoms with van der Waals surface area (Å²) in [6.45, 7) is 1.07. The molecule has 24 heavy (non-hydrogen) atoms. The van der Waals surface area contributed by atoms with E-state index in [-0.39, 0.29) is 6.54 Å². The molecular formula is C17H19N3O4. The molecule has 3 aromatic rings. The van der Waals surface area contributed by atoms with Crippen molar-refractivity contribution < 1.29 is 14.0 Å². The molecule has 0 spiro atoms. The second-order valence-corrected chi connectivity index (χ2v) is 5.68. The Bertz CT molecular complexity index is 808. The largest absolute Gasteiger partial charge is 0.468 e. The highest BCUT2D eigenvalue weighted by atomic mass is 16.5. The van der Waals surface area contributed by atoms with Gasteiger partial charge in [-0.1, -0.05) is 35.5 Å². The van der Waals surface area contributed by atoms with Gasteiger partial charge in [0.05, 0.1) is 25.5 Å². The standard InChI is InChI=1S/C17H19N3O4/c1-19(12-15-8-5-9-23-15)10-14(21)11-20-16(18-24-17(20)22)13-6-3-2-4-7-13/h2-9,14,21H,10-12H2,1H3. The molecule has 0 aliphatic heterocycles. The quantitative estimate of drug-likeness (QED) is 0.708. The van der Waals surface area contributed by atoms with E-state index in [1.54, 1.807) is 6.26 Å². The smallest absolute Gasteiger partial charge is 0.441 e. The van der Waals surface area contributed by atoms with Crippen LogP contribution in [0.25, 0.3) is 11.4 Å². The molecule has 1 N–H and O–H groups in total. The second kappa shape index (κ2) is 7.29. The van der Waals surface area contributed by atoms with Gasteiger partial charge in [-0.25, -0.2) is 4.79 Å². The topological polar surface area (TPSA) is 84.6 Å². The van der Waals surface area contributed by atoms with Crippen molar-refractivity contribution in [2.45, 2.75) is 19.2 Å². The van der Waals surface area contributed by atoms with Crippen LogP contribution in [0.4, 0.5) is 0 Å². The van der Waals surface area contributed by atoms with E-state index >= 15 is 0 Å². The number of rotatable bonds is 7. The minimum atomic E-state index is -0.746. The van der Waals surface area contributed by atoms with E-state index in [0.717, 1.165) is 11.3 Å². The fourth-order valence-electron chi connectivity index (χ4n) is 2.59. The van der Waals surface area contributed by atoms with Crippen LogP contribution in [0.1, 0.15) is 5.76 Å². The van der Waals surface area contributed by atoms with Gasteiger partial charge in [0.1, 0.15) is 5.76 Å². The molecule has 1 atom stereocenters. The lowest BCUT2D eigenvalue weighted by molar-refractivity contribution is 0.102. The van der Waals surface area contributed by atoms with Crippen molar-refractivity contribution in [3.05, 3.63) is 65.0 Å². The molecule has 0 amide bonds. The molecule has 7 heteroatoms. The molecule has 126 valence electrons. The van der Waals surface area contributed by atoms with Gasteiger partial charge in [-0.2, -0.15) is 0 Å². The summed E-state index contributed by atoms with van der Waals surface area (Å²) in [7, 11) is 1.88. The Labute approximate surface area is 138 Å². The highest BCUT2D eigenvalue weighted by Gasteiger charge is 2.17. The van der Waals surface area contributed by atoms with Crippen LogP contribution in [0, 0.1) is 0 Å². The molecule has 2 aromatic heterocycles.